The van der Waals surface area contributed by atoms with Crippen LogP contribution in [0.3, 0.4) is 0 Å². The molecule has 0 saturated heterocycles. The second kappa shape index (κ2) is 6.45. The molecule has 3 aromatic carbocycles. The summed E-state index contributed by atoms with van der Waals surface area (Å²) < 4.78 is 0. The van der Waals surface area contributed by atoms with E-state index in [1.807, 2.05) is 6.07 Å². The zero-order valence-electron chi connectivity index (χ0n) is 12.9. The third-order valence-corrected chi connectivity index (χ3v) is 3.76. The highest BCUT2D eigenvalue weighted by molar-refractivity contribution is 5.98. The van der Waals surface area contributed by atoms with Crippen molar-refractivity contribution in [2.45, 2.75) is 0 Å². The summed E-state index contributed by atoms with van der Waals surface area (Å²) in [5, 5.41) is 31.0. The highest BCUT2D eigenvalue weighted by Crippen LogP contribution is 2.26. The molecular formula is C19H13NO5. The summed E-state index contributed by atoms with van der Waals surface area (Å²) in [6.45, 7) is 0. The van der Waals surface area contributed by atoms with Crippen LogP contribution in [0.25, 0.3) is 22.9 Å². The summed E-state index contributed by atoms with van der Waals surface area (Å²) in [5.41, 5.74) is 1.35. The lowest BCUT2D eigenvalue weighted by atomic mass is 10.0. The van der Waals surface area contributed by atoms with Gasteiger partial charge in [0.1, 0.15) is 11.3 Å². The topological polar surface area (TPSA) is 101 Å². The molecule has 6 nitrogen and oxygen atoms in total. The Balaban J connectivity index is 1.96. The van der Waals surface area contributed by atoms with Crippen molar-refractivity contribution in [1.82, 2.24) is 0 Å². The molecule has 0 radical (unpaired) electrons. The Morgan fingerprint density at radius 1 is 0.960 bits per heavy atom. The molecule has 25 heavy (non-hydrogen) atoms. The smallest absolute Gasteiger partial charge is 0.339 e. The van der Waals surface area contributed by atoms with E-state index in [0.29, 0.717) is 10.9 Å². The highest BCUT2D eigenvalue weighted by atomic mass is 16.6. The van der Waals surface area contributed by atoms with Gasteiger partial charge in [0.05, 0.1) is 4.92 Å². The molecule has 0 aliphatic heterocycles. The number of carboxylic acid groups (broad SMARTS) is 1. The van der Waals surface area contributed by atoms with Gasteiger partial charge in [-0.2, -0.15) is 0 Å². The number of nitro groups is 1. The van der Waals surface area contributed by atoms with Crippen LogP contribution in [0.2, 0.25) is 0 Å². The van der Waals surface area contributed by atoms with Crippen LogP contribution >= 0.6 is 0 Å². The standard InChI is InChI=1S/C19H13NO5/c21-18-11-14-7-6-13(8-15(14)10-17(18)19(22)23)5-4-12-2-1-3-16(9-12)20(24)25/h1-11,21H,(H,22,23)/b5-4+. The van der Waals surface area contributed by atoms with Crippen LogP contribution < -0.4 is 0 Å². The molecule has 0 heterocycles. The van der Waals surface area contributed by atoms with Gasteiger partial charge >= 0.3 is 5.97 Å². The fourth-order valence-electron chi connectivity index (χ4n) is 2.51. The van der Waals surface area contributed by atoms with Gasteiger partial charge in [0.15, 0.2) is 0 Å². The van der Waals surface area contributed by atoms with Gasteiger partial charge in [0.2, 0.25) is 0 Å². The molecule has 3 rings (SSSR count). The van der Waals surface area contributed by atoms with Gasteiger partial charge in [-0.1, -0.05) is 36.4 Å². The molecule has 3 aromatic rings. The SMILES string of the molecule is O=C(O)c1cc2cc(/C=C/c3cccc([N+](=O)[O-])c3)ccc2cc1O. The molecule has 124 valence electrons. The molecule has 0 bridgehead atoms. The van der Waals surface area contributed by atoms with Gasteiger partial charge in [0.25, 0.3) is 5.69 Å². The Hall–Kier alpha value is -3.67. The van der Waals surface area contributed by atoms with Crippen molar-refractivity contribution in [1.29, 1.82) is 0 Å². The van der Waals surface area contributed by atoms with Crippen LogP contribution in [-0.4, -0.2) is 21.1 Å². The normalized spacial score (nSPS) is 11.0. The molecule has 0 spiro atoms. The first-order chi connectivity index (χ1) is 11.9. The average Bonchev–Trinajstić information content (AvgIpc) is 2.59. The molecule has 0 aliphatic rings. The lowest BCUT2D eigenvalue weighted by molar-refractivity contribution is -0.384. The fourth-order valence-corrected chi connectivity index (χ4v) is 2.51. The molecular weight excluding hydrogens is 322 g/mol. The molecule has 0 saturated carbocycles. The minimum Gasteiger partial charge on any atom is -0.507 e. The predicted octanol–water partition coefficient (Wildman–Crippen LogP) is 4.32. The van der Waals surface area contributed by atoms with Crippen LogP contribution in [0.15, 0.2) is 54.6 Å². The number of non-ortho nitro benzene ring substituents is 1. The fraction of sp³-hybridized carbons (Fsp3) is 0. The quantitative estimate of drug-likeness (QED) is 0.420. The number of carbonyl (C=O) groups is 1. The summed E-state index contributed by atoms with van der Waals surface area (Å²) in [5.74, 6) is -1.48. The largest absolute Gasteiger partial charge is 0.507 e. The first-order valence-corrected chi connectivity index (χ1v) is 7.36. The number of nitro benzene ring substituents is 1. The van der Waals surface area contributed by atoms with Crippen LogP contribution in [0.1, 0.15) is 21.5 Å². The number of hydrogen-bond acceptors (Lipinski definition) is 4. The van der Waals surface area contributed by atoms with E-state index in [1.165, 1.54) is 24.3 Å². The first-order valence-electron chi connectivity index (χ1n) is 7.36. The van der Waals surface area contributed by atoms with Crippen molar-refractivity contribution < 1.29 is 19.9 Å². The minimum atomic E-state index is -1.20. The summed E-state index contributed by atoms with van der Waals surface area (Å²) in [4.78, 5) is 21.5. The van der Waals surface area contributed by atoms with Gasteiger partial charge in [-0.15, -0.1) is 0 Å². The first kappa shape index (κ1) is 16.2. The summed E-state index contributed by atoms with van der Waals surface area (Å²) in [7, 11) is 0. The Labute approximate surface area is 142 Å². The van der Waals surface area contributed by atoms with E-state index in [2.05, 4.69) is 0 Å². The second-order valence-electron chi connectivity index (χ2n) is 5.47. The average molecular weight is 335 g/mol. The lowest BCUT2D eigenvalue weighted by Crippen LogP contribution is -1.96. The van der Waals surface area contributed by atoms with E-state index in [1.54, 1.807) is 36.4 Å². The van der Waals surface area contributed by atoms with Gasteiger partial charge in [-0.05, 0) is 40.1 Å². The third-order valence-electron chi connectivity index (χ3n) is 3.76. The third kappa shape index (κ3) is 3.48. The van der Waals surface area contributed by atoms with E-state index in [4.69, 9.17) is 5.11 Å². The number of aromatic carboxylic acids is 1. The van der Waals surface area contributed by atoms with Crippen molar-refractivity contribution in [3.63, 3.8) is 0 Å². The number of carboxylic acids is 1. The van der Waals surface area contributed by atoms with Gasteiger partial charge in [-0.3, -0.25) is 10.1 Å². The Bertz CT molecular complexity index is 1020. The van der Waals surface area contributed by atoms with E-state index in [-0.39, 0.29) is 17.0 Å². The molecule has 0 amide bonds. The maximum atomic E-state index is 11.1. The maximum absolute atomic E-state index is 11.1. The van der Waals surface area contributed by atoms with E-state index < -0.39 is 10.9 Å². The van der Waals surface area contributed by atoms with Gasteiger partial charge in [-0.25, -0.2) is 4.79 Å². The summed E-state index contributed by atoms with van der Waals surface area (Å²) in [6, 6.07) is 14.5. The van der Waals surface area contributed by atoms with Crippen LogP contribution in [0.4, 0.5) is 5.69 Å². The van der Waals surface area contributed by atoms with Crippen molar-refractivity contribution in [3.05, 3.63) is 81.4 Å². The predicted molar refractivity (Wildman–Crippen MR) is 94.6 cm³/mol. The minimum absolute atomic E-state index is 0.0160. The number of aromatic hydroxyl groups is 1. The summed E-state index contributed by atoms with van der Waals surface area (Å²) >= 11 is 0. The van der Waals surface area contributed by atoms with Crippen molar-refractivity contribution in [2.75, 3.05) is 0 Å². The van der Waals surface area contributed by atoms with Crippen molar-refractivity contribution in [3.8, 4) is 5.75 Å². The van der Waals surface area contributed by atoms with Crippen LogP contribution in [0.5, 0.6) is 5.75 Å². The summed E-state index contributed by atoms with van der Waals surface area (Å²) in [6.07, 6.45) is 3.53. The molecule has 0 fully saturated rings. The molecule has 0 aromatic heterocycles. The van der Waals surface area contributed by atoms with Gasteiger partial charge < -0.3 is 10.2 Å². The zero-order chi connectivity index (χ0) is 18.0. The monoisotopic (exact) mass is 335 g/mol. The number of rotatable bonds is 4. The zero-order valence-corrected chi connectivity index (χ0v) is 12.9. The molecule has 0 aliphatic carbocycles. The number of hydrogen-bond donors (Lipinski definition) is 2. The molecule has 2 N–H and O–H groups in total. The van der Waals surface area contributed by atoms with E-state index in [0.717, 1.165) is 10.9 Å². The maximum Gasteiger partial charge on any atom is 0.339 e. The number of nitrogens with zero attached hydrogens (tertiary/aromatic N) is 1. The highest BCUT2D eigenvalue weighted by Gasteiger charge is 2.10. The van der Waals surface area contributed by atoms with Crippen molar-refractivity contribution in [2.24, 2.45) is 0 Å². The van der Waals surface area contributed by atoms with Crippen LogP contribution in [0, 0.1) is 10.1 Å². The number of benzene rings is 3. The van der Waals surface area contributed by atoms with Gasteiger partial charge in [0, 0.05) is 12.1 Å². The number of fused-ring (bicyclic) bond motifs is 1. The van der Waals surface area contributed by atoms with Crippen molar-refractivity contribution >= 4 is 34.6 Å². The molecule has 6 heteroatoms. The lowest BCUT2D eigenvalue weighted by Gasteiger charge is -2.04. The van der Waals surface area contributed by atoms with Crippen LogP contribution in [-0.2, 0) is 0 Å². The molecule has 0 atom stereocenters. The van der Waals surface area contributed by atoms with E-state index in [9.17, 15) is 20.0 Å². The second-order valence-corrected chi connectivity index (χ2v) is 5.47. The van der Waals surface area contributed by atoms with E-state index >= 15 is 0 Å². The Kier molecular flexibility index (Phi) is 4.18. The number of phenols is 1. The Morgan fingerprint density at radius 3 is 2.36 bits per heavy atom. The Morgan fingerprint density at radius 2 is 1.68 bits per heavy atom. The molecule has 0 unspecified atom stereocenters.